The van der Waals surface area contributed by atoms with Gasteiger partial charge < -0.3 is 10.4 Å². The summed E-state index contributed by atoms with van der Waals surface area (Å²) >= 11 is 0. The van der Waals surface area contributed by atoms with E-state index in [1.807, 2.05) is 30.3 Å². The number of carbonyl (C=O) groups excluding carboxylic acids is 3. The lowest BCUT2D eigenvalue weighted by Crippen LogP contribution is -2.53. The first kappa shape index (κ1) is 17.1. The van der Waals surface area contributed by atoms with Crippen LogP contribution in [0.1, 0.15) is 11.1 Å². The normalized spacial score (nSPS) is 30.7. The fraction of sp³-hybridized carbons (Fsp3) is 0.286. The molecule has 2 aromatic carbocycles. The van der Waals surface area contributed by atoms with E-state index in [-0.39, 0.29) is 30.9 Å². The average molecular weight is 377 g/mol. The number of anilines is 1. The van der Waals surface area contributed by atoms with Crippen LogP contribution in [0.3, 0.4) is 0 Å². The van der Waals surface area contributed by atoms with Crippen molar-refractivity contribution in [2.24, 2.45) is 11.8 Å². The molecule has 3 aliphatic heterocycles. The Bertz CT molecular complexity index is 992. The van der Waals surface area contributed by atoms with Crippen LogP contribution in [0.5, 0.6) is 0 Å². The third-order valence-electron chi connectivity index (χ3n) is 6.09. The number of nitrogens with zero attached hydrogens (tertiary/aromatic N) is 1. The fourth-order valence-corrected chi connectivity index (χ4v) is 4.90. The van der Waals surface area contributed by atoms with Crippen LogP contribution < -0.4 is 10.6 Å². The molecule has 142 valence electrons. The second-order valence-electron chi connectivity index (χ2n) is 7.49. The minimum Gasteiger partial charge on any atom is -0.395 e. The van der Waals surface area contributed by atoms with Gasteiger partial charge in [-0.15, -0.1) is 0 Å². The Kier molecular flexibility index (Phi) is 3.65. The molecule has 2 aromatic rings. The maximum absolute atomic E-state index is 13.4. The Labute approximate surface area is 161 Å². The van der Waals surface area contributed by atoms with Gasteiger partial charge in [-0.05, 0) is 11.6 Å². The largest absolute Gasteiger partial charge is 0.395 e. The van der Waals surface area contributed by atoms with Gasteiger partial charge >= 0.3 is 0 Å². The minimum absolute atomic E-state index is 0.156. The van der Waals surface area contributed by atoms with Crippen LogP contribution in [-0.2, 0) is 26.5 Å². The highest BCUT2D eigenvalue weighted by Crippen LogP contribution is 2.52. The number of rotatable bonds is 3. The van der Waals surface area contributed by atoms with E-state index >= 15 is 0 Å². The minimum atomic E-state index is -1.34. The molecule has 0 unspecified atom stereocenters. The Morgan fingerprint density at radius 3 is 2.43 bits per heavy atom. The van der Waals surface area contributed by atoms with Crippen LogP contribution in [0.15, 0.2) is 54.6 Å². The zero-order valence-corrected chi connectivity index (χ0v) is 15.0. The second kappa shape index (κ2) is 5.98. The first-order chi connectivity index (χ1) is 13.6. The van der Waals surface area contributed by atoms with E-state index in [0.717, 1.165) is 5.56 Å². The highest BCUT2D eigenvalue weighted by Gasteiger charge is 2.70. The maximum Gasteiger partial charge on any atom is 0.250 e. The van der Waals surface area contributed by atoms with E-state index in [4.69, 9.17) is 0 Å². The first-order valence-electron chi connectivity index (χ1n) is 9.26. The molecule has 3 N–H and O–H groups in total. The number of carbonyl (C=O) groups is 3. The molecule has 4 atom stereocenters. The van der Waals surface area contributed by atoms with E-state index in [2.05, 4.69) is 10.6 Å². The van der Waals surface area contributed by atoms with Crippen molar-refractivity contribution in [2.75, 3.05) is 11.9 Å². The number of likely N-dealkylation sites (tertiary alicyclic amines) is 1. The number of aliphatic hydroxyl groups excluding tert-OH is 1. The number of benzene rings is 2. The summed E-state index contributed by atoms with van der Waals surface area (Å²) in [5.74, 6) is -2.75. The molecule has 3 aliphatic rings. The molecule has 2 saturated heterocycles. The Hall–Kier alpha value is -3.03. The van der Waals surface area contributed by atoms with Gasteiger partial charge in [0.15, 0.2) is 0 Å². The van der Waals surface area contributed by atoms with E-state index in [1.54, 1.807) is 24.3 Å². The highest BCUT2D eigenvalue weighted by atomic mass is 16.3. The number of nitrogens with one attached hydrogen (secondary N) is 2. The van der Waals surface area contributed by atoms with Gasteiger partial charge in [0.25, 0.3) is 0 Å². The predicted molar refractivity (Wildman–Crippen MR) is 99.7 cm³/mol. The smallest absolute Gasteiger partial charge is 0.250 e. The Morgan fingerprint density at radius 2 is 1.68 bits per heavy atom. The van der Waals surface area contributed by atoms with E-state index in [9.17, 15) is 19.5 Å². The molecule has 3 amide bonds. The van der Waals surface area contributed by atoms with Crippen molar-refractivity contribution in [3.05, 3.63) is 65.7 Å². The fourth-order valence-electron chi connectivity index (χ4n) is 4.90. The van der Waals surface area contributed by atoms with Crippen molar-refractivity contribution in [1.82, 2.24) is 10.2 Å². The van der Waals surface area contributed by atoms with Gasteiger partial charge in [0, 0.05) is 17.3 Å². The number of imide groups is 1. The number of hydrogen-bond donors (Lipinski definition) is 3. The summed E-state index contributed by atoms with van der Waals surface area (Å²) in [6.45, 7) is -0.181. The van der Waals surface area contributed by atoms with Crippen LogP contribution in [0.25, 0.3) is 0 Å². The second-order valence-corrected chi connectivity index (χ2v) is 7.49. The van der Waals surface area contributed by atoms with E-state index < -0.39 is 23.4 Å². The van der Waals surface area contributed by atoms with Crippen molar-refractivity contribution < 1.29 is 19.5 Å². The third kappa shape index (κ3) is 2.08. The van der Waals surface area contributed by atoms with Crippen LogP contribution in [0.4, 0.5) is 5.69 Å². The molecular formula is C21H19N3O4. The zero-order chi connectivity index (χ0) is 19.5. The van der Waals surface area contributed by atoms with Crippen molar-refractivity contribution in [3.8, 4) is 0 Å². The standard InChI is InChI=1S/C21H19N3O4/c25-11-15-16-17(19(27)24(18(16)26)10-12-6-2-1-3-7-12)21(23-15)13-8-4-5-9-14(13)22-20(21)28/h1-9,15-17,23,25H,10-11H2,(H,22,28)/t15-,16-,17-,21-/m0/s1. The highest BCUT2D eigenvalue weighted by molar-refractivity contribution is 6.15. The topological polar surface area (TPSA) is 98.7 Å². The SMILES string of the molecule is O=C1[C@H]2[C@H](CO)N[C@]3(C(=O)Nc4ccccc43)[C@@H]2C(=O)N1Cc1ccccc1. The van der Waals surface area contributed by atoms with E-state index in [1.165, 1.54) is 4.90 Å². The van der Waals surface area contributed by atoms with Crippen molar-refractivity contribution in [3.63, 3.8) is 0 Å². The van der Waals surface area contributed by atoms with Gasteiger partial charge in [0.1, 0.15) is 5.54 Å². The average Bonchev–Trinajstić information content (AvgIpc) is 3.29. The molecule has 0 radical (unpaired) electrons. The third-order valence-corrected chi connectivity index (χ3v) is 6.09. The van der Waals surface area contributed by atoms with Crippen LogP contribution in [-0.4, -0.2) is 40.4 Å². The number of hydrogen-bond acceptors (Lipinski definition) is 5. The summed E-state index contributed by atoms with van der Waals surface area (Å²) in [7, 11) is 0. The quantitative estimate of drug-likeness (QED) is 0.681. The Balaban J connectivity index is 1.60. The van der Waals surface area contributed by atoms with Gasteiger partial charge in [0.05, 0.1) is 25.0 Å². The molecule has 0 aliphatic carbocycles. The van der Waals surface area contributed by atoms with Crippen molar-refractivity contribution in [1.29, 1.82) is 0 Å². The van der Waals surface area contributed by atoms with Gasteiger partial charge in [-0.2, -0.15) is 0 Å². The molecule has 5 rings (SSSR count). The summed E-state index contributed by atoms with van der Waals surface area (Å²) in [6.07, 6.45) is 0. The van der Waals surface area contributed by atoms with Gasteiger partial charge in [0.2, 0.25) is 17.7 Å². The number of fused-ring (bicyclic) bond motifs is 4. The molecule has 2 fully saturated rings. The monoisotopic (exact) mass is 377 g/mol. The number of amides is 3. The van der Waals surface area contributed by atoms with Crippen LogP contribution in [0.2, 0.25) is 0 Å². The summed E-state index contributed by atoms with van der Waals surface area (Å²) < 4.78 is 0. The van der Waals surface area contributed by atoms with Gasteiger partial charge in [-0.25, -0.2) is 0 Å². The summed E-state index contributed by atoms with van der Waals surface area (Å²) in [5.41, 5.74) is 0.767. The Morgan fingerprint density at radius 1 is 0.964 bits per heavy atom. The molecule has 28 heavy (non-hydrogen) atoms. The molecule has 3 heterocycles. The summed E-state index contributed by atoms with van der Waals surface area (Å²) in [6, 6.07) is 15.8. The van der Waals surface area contributed by atoms with Gasteiger partial charge in [-0.3, -0.25) is 24.6 Å². The molecule has 7 heteroatoms. The lowest BCUT2D eigenvalue weighted by atomic mass is 9.76. The molecule has 0 saturated carbocycles. The summed E-state index contributed by atoms with van der Waals surface area (Å²) in [4.78, 5) is 40.8. The maximum atomic E-state index is 13.4. The number of para-hydroxylation sites is 1. The predicted octanol–water partition coefficient (Wildman–Crippen LogP) is 0.600. The molecule has 0 bridgehead atoms. The van der Waals surface area contributed by atoms with Crippen LogP contribution >= 0.6 is 0 Å². The summed E-state index contributed by atoms with van der Waals surface area (Å²) in [5, 5.41) is 15.9. The van der Waals surface area contributed by atoms with Gasteiger partial charge in [-0.1, -0.05) is 48.5 Å². The zero-order valence-electron chi connectivity index (χ0n) is 15.0. The lowest BCUT2D eigenvalue weighted by Gasteiger charge is -2.29. The number of aliphatic hydroxyl groups is 1. The van der Waals surface area contributed by atoms with E-state index in [0.29, 0.717) is 11.3 Å². The molecule has 7 nitrogen and oxygen atoms in total. The molecular weight excluding hydrogens is 358 g/mol. The first-order valence-corrected chi connectivity index (χ1v) is 9.26. The lowest BCUT2D eigenvalue weighted by molar-refractivity contribution is -0.143. The van der Waals surface area contributed by atoms with Crippen molar-refractivity contribution >= 4 is 23.4 Å². The molecule has 0 aromatic heterocycles. The van der Waals surface area contributed by atoms with Crippen LogP contribution in [0, 0.1) is 11.8 Å². The molecule has 1 spiro atoms. The van der Waals surface area contributed by atoms with Crippen molar-refractivity contribution in [2.45, 2.75) is 18.1 Å².